The second kappa shape index (κ2) is 5.50. The molecule has 0 bridgehead atoms. The van der Waals surface area contributed by atoms with E-state index >= 15 is 0 Å². The van der Waals surface area contributed by atoms with Gasteiger partial charge >= 0.3 is 0 Å². The molecule has 0 aliphatic heterocycles. The van der Waals surface area contributed by atoms with Crippen molar-refractivity contribution < 1.29 is 8.42 Å². The molecule has 0 aliphatic carbocycles. The third kappa shape index (κ3) is 3.19. The molecule has 0 spiro atoms. The molecule has 92 valence electrons. The zero-order valence-corrected chi connectivity index (χ0v) is 11.2. The van der Waals surface area contributed by atoms with Crippen molar-refractivity contribution >= 4 is 21.6 Å². The summed E-state index contributed by atoms with van der Waals surface area (Å²) in [6, 6.07) is 7.65. The first-order valence-electron chi connectivity index (χ1n) is 5.00. The number of halogens is 1. The number of hydrogen-bond donors (Lipinski definition) is 0. The van der Waals surface area contributed by atoms with Crippen molar-refractivity contribution in [2.24, 2.45) is 0 Å². The smallest absolute Gasteiger partial charge is 0.207 e. The first-order valence-corrected chi connectivity index (χ1v) is 6.82. The molecule has 4 nitrogen and oxygen atoms in total. The molecular weight excluding hydrogens is 260 g/mol. The zero-order chi connectivity index (χ0) is 13.1. The molecule has 1 unspecified atom stereocenters. The lowest BCUT2D eigenvalue weighted by atomic mass is 10.3. The van der Waals surface area contributed by atoms with Crippen LogP contribution < -0.4 is 0 Å². The number of rotatable bonds is 4. The predicted molar refractivity (Wildman–Crippen MR) is 66.1 cm³/mol. The minimum Gasteiger partial charge on any atom is -0.207 e. The first kappa shape index (κ1) is 14.0. The molecule has 17 heavy (non-hydrogen) atoms. The SMILES string of the molecule is CC(CC#N)N(C)S(=O)(=O)c1cccc(Cl)c1. The van der Waals surface area contributed by atoms with E-state index in [1.54, 1.807) is 19.1 Å². The molecule has 0 fully saturated rings. The third-order valence-corrected chi connectivity index (χ3v) is 4.68. The normalized spacial score (nSPS) is 13.4. The molecule has 0 aliphatic rings. The Morgan fingerprint density at radius 3 is 2.71 bits per heavy atom. The highest BCUT2D eigenvalue weighted by Crippen LogP contribution is 2.20. The van der Waals surface area contributed by atoms with E-state index in [1.165, 1.54) is 23.5 Å². The predicted octanol–water partition coefficient (Wildman–Crippen LogP) is 2.26. The maximum Gasteiger partial charge on any atom is 0.243 e. The summed E-state index contributed by atoms with van der Waals surface area (Å²) in [6.07, 6.45) is 0.149. The highest BCUT2D eigenvalue weighted by Gasteiger charge is 2.25. The molecule has 0 saturated carbocycles. The van der Waals surface area contributed by atoms with Gasteiger partial charge in [-0.3, -0.25) is 0 Å². The van der Waals surface area contributed by atoms with Gasteiger partial charge in [-0.05, 0) is 25.1 Å². The Bertz CT molecular complexity index is 537. The van der Waals surface area contributed by atoms with E-state index in [2.05, 4.69) is 0 Å². The molecule has 0 aromatic heterocycles. The fraction of sp³-hybridized carbons (Fsp3) is 0.364. The molecule has 1 atom stereocenters. The van der Waals surface area contributed by atoms with E-state index in [1.807, 2.05) is 6.07 Å². The summed E-state index contributed by atoms with van der Waals surface area (Å²) in [5, 5.41) is 8.94. The highest BCUT2D eigenvalue weighted by atomic mass is 35.5. The van der Waals surface area contributed by atoms with E-state index in [0.717, 1.165) is 0 Å². The van der Waals surface area contributed by atoms with Crippen LogP contribution in [0.25, 0.3) is 0 Å². The molecule has 1 aromatic carbocycles. The number of hydrogen-bond acceptors (Lipinski definition) is 3. The fourth-order valence-corrected chi connectivity index (χ4v) is 2.95. The average Bonchev–Trinajstić information content (AvgIpc) is 2.28. The first-order chi connectivity index (χ1) is 7.89. The summed E-state index contributed by atoms with van der Waals surface area (Å²) in [7, 11) is -2.13. The number of benzene rings is 1. The van der Waals surface area contributed by atoms with Crippen LogP contribution >= 0.6 is 11.6 Å². The molecular formula is C11H13ClN2O2S. The van der Waals surface area contributed by atoms with Gasteiger partial charge in [-0.2, -0.15) is 9.57 Å². The van der Waals surface area contributed by atoms with E-state index in [9.17, 15) is 8.42 Å². The van der Waals surface area contributed by atoms with Crippen molar-refractivity contribution in [3.63, 3.8) is 0 Å². The van der Waals surface area contributed by atoms with E-state index in [4.69, 9.17) is 16.9 Å². The number of nitrogens with zero attached hydrogens (tertiary/aromatic N) is 2. The average molecular weight is 273 g/mol. The lowest BCUT2D eigenvalue weighted by Gasteiger charge is -2.22. The molecule has 6 heteroatoms. The van der Waals surface area contributed by atoms with E-state index in [0.29, 0.717) is 5.02 Å². The van der Waals surface area contributed by atoms with Crippen LogP contribution in [0.4, 0.5) is 0 Å². The van der Waals surface area contributed by atoms with Gasteiger partial charge in [0.25, 0.3) is 0 Å². The summed E-state index contributed by atoms with van der Waals surface area (Å²) < 4.78 is 25.5. The number of nitriles is 1. The maximum absolute atomic E-state index is 12.2. The Labute approximate surface area is 106 Å². The van der Waals surface area contributed by atoms with Gasteiger partial charge in [0.2, 0.25) is 10.0 Å². The fourth-order valence-electron chi connectivity index (χ4n) is 1.29. The minimum absolute atomic E-state index is 0.136. The lowest BCUT2D eigenvalue weighted by molar-refractivity contribution is 0.393. The van der Waals surface area contributed by atoms with Gasteiger partial charge in [0.05, 0.1) is 17.4 Å². The summed E-state index contributed by atoms with van der Waals surface area (Å²) in [6.45, 7) is 1.69. The largest absolute Gasteiger partial charge is 0.243 e. The molecule has 0 radical (unpaired) electrons. The standard InChI is InChI=1S/C11H13ClN2O2S/c1-9(6-7-13)14(2)17(15,16)11-5-3-4-10(12)8-11/h3-5,8-9H,6H2,1-2H3. The molecule has 0 heterocycles. The van der Waals surface area contributed by atoms with Crippen molar-refractivity contribution in [3.05, 3.63) is 29.3 Å². The van der Waals surface area contributed by atoms with Crippen molar-refractivity contribution in [3.8, 4) is 6.07 Å². The van der Waals surface area contributed by atoms with Crippen LogP contribution in [0.2, 0.25) is 5.02 Å². The van der Waals surface area contributed by atoms with Gasteiger partial charge in [-0.15, -0.1) is 0 Å². The topological polar surface area (TPSA) is 61.2 Å². The van der Waals surface area contributed by atoms with E-state index in [-0.39, 0.29) is 17.4 Å². The van der Waals surface area contributed by atoms with Crippen LogP contribution in [0.3, 0.4) is 0 Å². The molecule has 0 N–H and O–H groups in total. The highest BCUT2D eigenvalue weighted by molar-refractivity contribution is 7.89. The van der Waals surface area contributed by atoms with Gasteiger partial charge in [-0.25, -0.2) is 8.42 Å². The maximum atomic E-state index is 12.2. The van der Waals surface area contributed by atoms with Crippen molar-refractivity contribution in [2.75, 3.05) is 7.05 Å². The van der Waals surface area contributed by atoms with Crippen LogP contribution in [0.1, 0.15) is 13.3 Å². The van der Waals surface area contributed by atoms with Crippen LogP contribution in [0.15, 0.2) is 29.2 Å². The van der Waals surface area contributed by atoms with Crippen molar-refractivity contribution in [2.45, 2.75) is 24.3 Å². The second-order valence-electron chi connectivity index (χ2n) is 3.69. The minimum atomic E-state index is -3.59. The quantitative estimate of drug-likeness (QED) is 0.845. The second-order valence-corrected chi connectivity index (χ2v) is 6.12. The lowest BCUT2D eigenvalue weighted by Crippen LogP contribution is -2.34. The summed E-state index contributed by atoms with van der Waals surface area (Å²) >= 11 is 5.76. The summed E-state index contributed by atoms with van der Waals surface area (Å²) in [5.41, 5.74) is 0. The van der Waals surface area contributed by atoms with Crippen molar-refractivity contribution in [1.29, 1.82) is 5.26 Å². The van der Waals surface area contributed by atoms with Gasteiger partial charge in [0.15, 0.2) is 0 Å². The van der Waals surface area contributed by atoms with E-state index < -0.39 is 10.0 Å². The van der Waals surface area contributed by atoms with Crippen LogP contribution in [0, 0.1) is 11.3 Å². The Morgan fingerprint density at radius 2 is 2.18 bits per heavy atom. The van der Waals surface area contributed by atoms with Gasteiger partial charge in [0.1, 0.15) is 0 Å². The molecule has 0 saturated heterocycles. The number of sulfonamides is 1. The van der Waals surface area contributed by atoms with Crippen LogP contribution in [-0.4, -0.2) is 25.8 Å². The Hall–Kier alpha value is -1.09. The van der Waals surface area contributed by atoms with Crippen LogP contribution in [-0.2, 0) is 10.0 Å². The zero-order valence-electron chi connectivity index (χ0n) is 9.59. The summed E-state index contributed by atoms with van der Waals surface area (Å²) in [4.78, 5) is 0.136. The third-order valence-electron chi connectivity index (χ3n) is 2.48. The Kier molecular flexibility index (Phi) is 4.52. The van der Waals surface area contributed by atoms with Gasteiger partial charge in [0, 0.05) is 18.1 Å². The molecule has 0 amide bonds. The molecule has 1 rings (SSSR count). The van der Waals surface area contributed by atoms with Crippen LogP contribution in [0.5, 0.6) is 0 Å². The molecule has 1 aromatic rings. The Morgan fingerprint density at radius 1 is 1.53 bits per heavy atom. The Balaban J connectivity index is 3.08. The van der Waals surface area contributed by atoms with Crippen molar-refractivity contribution in [1.82, 2.24) is 4.31 Å². The monoisotopic (exact) mass is 272 g/mol. The van der Waals surface area contributed by atoms with Gasteiger partial charge in [-0.1, -0.05) is 17.7 Å². The summed E-state index contributed by atoms with van der Waals surface area (Å²) in [5.74, 6) is 0. The van der Waals surface area contributed by atoms with Gasteiger partial charge < -0.3 is 0 Å².